The Balaban J connectivity index is 1.82. The second-order valence-electron chi connectivity index (χ2n) is 6.36. The first-order valence-corrected chi connectivity index (χ1v) is 7.58. The minimum Gasteiger partial charge on any atom is -0.457 e. The SMILES string of the molecule is N#Cc1cc(F)cc(Oc2ccc3c4c2CC(F)(F)C4(O)CC3O)c1. The van der Waals surface area contributed by atoms with Crippen molar-refractivity contribution in [2.45, 2.75) is 30.5 Å². The highest BCUT2D eigenvalue weighted by atomic mass is 19.3. The van der Waals surface area contributed by atoms with E-state index in [0.717, 1.165) is 12.1 Å². The van der Waals surface area contributed by atoms with Gasteiger partial charge in [0, 0.05) is 30.0 Å². The molecule has 2 aliphatic carbocycles. The van der Waals surface area contributed by atoms with Gasteiger partial charge < -0.3 is 14.9 Å². The molecule has 0 amide bonds. The van der Waals surface area contributed by atoms with Crippen LogP contribution < -0.4 is 4.74 Å². The molecule has 2 unspecified atom stereocenters. The summed E-state index contributed by atoms with van der Waals surface area (Å²) >= 11 is 0. The first kappa shape index (κ1) is 15.9. The predicted octanol–water partition coefficient (Wildman–Crippen LogP) is 3.31. The zero-order valence-corrected chi connectivity index (χ0v) is 12.8. The summed E-state index contributed by atoms with van der Waals surface area (Å²) in [6.07, 6.45) is -2.40. The number of benzene rings is 2. The molecule has 2 aromatic carbocycles. The number of aliphatic hydroxyl groups is 2. The van der Waals surface area contributed by atoms with Crippen LogP contribution in [0.25, 0.3) is 0 Å². The van der Waals surface area contributed by atoms with Gasteiger partial charge in [0.05, 0.1) is 17.7 Å². The summed E-state index contributed by atoms with van der Waals surface area (Å²) < 4.78 is 47.8. The monoisotopic (exact) mass is 347 g/mol. The highest BCUT2D eigenvalue weighted by molar-refractivity contribution is 5.58. The van der Waals surface area contributed by atoms with Crippen LogP contribution in [0.15, 0.2) is 30.3 Å². The Morgan fingerprint density at radius 2 is 2.00 bits per heavy atom. The van der Waals surface area contributed by atoms with Crippen molar-refractivity contribution in [3.05, 3.63) is 58.4 Å². The van der Waals surface area contributed by atoms with Crippen molar-refractivity contribution < 1.29 is 28.1 Å². The van der Waals surface area contributed by atoms with Crippen molar-refractivity contribution in [3.8, 4) is 17.6 Å². The predicted molar refractivity (Wildman–Crippen MR) is 79.8 cm³/mol. The number of alkyl halides is 2. The fourth-order valence-corrected chi connectivity index (χ4v) is 3.69. The van der Waals surface area contributed by atoms with E-state index in [0.29, 0.717) is 0 Å². The molecule has 2 aromatic rings. The van der Waals surface area contributed by atoms with Crippen LogP contribution in [0.5, 0.6) is 11.5 Å². The fraction of sp³-hybridized carbons (Fsp3) is 0.278. The minimum absolute atomic E-state index is 0.00921. The van der Waals surface area contributed by atoms with Crippen LogP contribution >= 0.6 is 0 Å². The van der Waals surface area contributed by atoms with E-state index in [1.807, 2.05) is 0 Å². The van der Waals surface area contributed by atoms with Gasteiger partial charge in [-0.15, -0.1) is 0 Å². The number of ether oxygens (including phenoxy) is 1. The molecule has 4 rings (SSSR count). The summed E-state index contributed by atoms with van der Waals surface area (Å²) in [5.74, 6) is -4.10. The van der Waals surface area contributed by atoms with Gasteiger partial charge in [0.25, 0.3) is 5.92 Å². The van der Waals surface area contributed by atoms with Gasteiger partial charge in [0.1, 0.15) is 17.3 Å². The van der Waals surface area contributed by atoms with Gasteiger partial charge in [-0.1, -0.05) is 6.07 Å². The molecule has 0 saturated heterocycles. The molecule has 0 radical (unpaired) electrons. The first-order valence-electron chi connectivity index (χ1n) is 7.58. The molecule has 25 heavy (non-hydrogen) atoms. The van der Waals surface area contributed by atoms with Gasteiger partial charge in [-0.3, -0.25) is 0 Å². The van der Waals surface area contributed by atoms with Crippen molar-refractivity contribution in [1.29, 1.82) is 5.26 Å². The smallest absolute Gasteiger partial charge is 0.284 e. The third-order valence-corrected chi connectivity index (χ3v) is 4.80. The maximum atomic E-state index is 14.4. The lowest BCUT2D eigenvalue weighted by Crippen LogP contribution is -2.40. The normalized spacial score (nSPS) is 25.5. The second kappa shape index (κ2) is 4.97. The number of hydrogen-bond donors (Lipinski definition) is 2. The molecule has 0 spiro atoms. The molecule has 0 aliphatic heterocycles. The lowest BCUT2D eigenvalue weighted by Gasteiger charge is -2.26. The molecular weight excluding hydrogens is 335 g/mol. The molecule has 2 atom stereocenters. The Morgan fingerprint density at radius 1 is 1.24 bits per heavy atom. The molecule has 0 saturated carbocycles. The van der Waals surface area contributed by atoms with Crippen molar-refractivity contribution in [3.63, 3.8) is 0 Å². The molecule has 0 heterocycles. The number of nitriles is 1. The van der Waals surface area contributed by atoms with Gasteiger partial charge in [-0.25, -0.2) is 13.2 Å². The zero-order valence-electron chi connectivity index (χ0n) is 12.8. The first-order chi connectivity index (χ1) is 11.7. The molecule has 0 fully saturated rings. The number of rotatable bonds is 2. The van der Waals surface area contributed by atoms with Crippen LogP contribution in [-0.4, -0.2) is 16.1 Å². The molecule has 0 bridgehead atoms. The van der Waals surface area contributed by atoms with E-state index in [1.165, 1.54) is 18.2 Å². The molecule has 2 N–H and O–H groups in total. The van der Waals surface area contributed by atoms with E-state index in [9.17, 15) is 23.4 Å². The average Bonchev–Trinajstić information content (AvgIpc) is 2.92. The van der Waals surface area contributed by atoms with Gasteiger partial charge in [0.2, 0.25) is 0 Å². The largest absolute Gasteiger partial charge is 0.457 e. The Morgan fingerprint density at radius 3 is 2.72 bits per heavy atom. The molecule has 128 valence electrons. The summed E-state index contributed by atoms with van der Waals surface area (Å²) in [7, 11) is 0. The molecule has 4 nitrogen and oxygen atoms in total. The lowest BCUT2D eigenvalue weighted by molar-refractivity contribution is -0.181. The molecule has 2 aliphatic rings. The van der Waals surface area contributed by atoms with Crippen LogP contribution in [-0.2, 0) is 12.0 Å². The summed E-state index contributed by atoms with van der Waals surface area (Å²) in [5, 5.41) is 29.3. The summed E-state index contributed by atoms with van der Waals surface area (Å²) in [6, 6.07) is 7.96. The Labute approximate surface area is 140 Å². The highest BCUT2D eigenvalue weighted by Crippen LogP contribution is 2.60. The number of halogens is 3. The van der Waals surface area contributed by atoms with E-state index < -0.39 is 36.3 Å². The van der Waals surface area contributed by atoms with Crippen LogP contribution in [0.2, 0.25) is 0 Å². The van der Waals surface area contributed by atoms with Gasteiger partial charge in [-0.05, 0) is 23.8 Å². The Bertz CT molecular complexity index is 938. The number of aliphatic hydroxyl groups excluding tert-OH is 1. The summed E-state index contributed by atoms with van der Waals surface area (Å²) in [6.45, 7) is 0. The van der Waals surface area contributed by atoms with E-state index in [2.05, 4.69) is 0 Å². The van der Waals surface area contributed by atoms with E-state index in [4.69, 9.17) is 10.00 Å². The number of hydrogen-bond acceptors (Lipinski definition) is 4. The van der Waals surface area contributed by atoms with Gasteiger partial charge in [0.15, 0.2) is 5.60 Å². The number of nitrogens with zero attached hydrogens (tertiary/aromatic N) is 1. The standard InChI is InChI=1S/C18H12F3NO3/c19-10-3-9(8-22)4-11(5-10)25-15-2-1-12-14(23)7-17(24)16(12)13(15)6-18(17,20)21/h1-5,14,23-24H,6-7H2. The Kier molecular flexibility index (Phi) is 3.17. The highest BCUT2D eigenvalue weighted by Gasteiger charge is 2.65. The van der Waals surface area contributed by atoms with Crippen LogP contribution in [0.1, 0.15) is 34.8 Å². The summed E-state index contributed by atoms with van der Waals surface area (Å²) in [5.41, 5.74) is -2.08. The maximum Gasteiger partial charge on any atom is 0.284 e. The maximum absolute atomic E-state index is 14.4. The van der Waals surface area contributed by atoms with Gasteiger partial charge in [-0.2, -0.15) is 5.26 Å². The van der Waals surface area contributed by atoms with Crippen molar-refractivity contribution in [2.75, 3.05) is 0 Å². The Hall–Kier alpha value is -2.56. The van der Waals surface area contributed by atoms with Gasteiger partial charge >= 0.3 is 0 Å². The lowest BCUT2D eigenvalue weighted by atomic mass is 9.95. The molecule has 7 heteroatoms. The zero-order chi connectivity index (χ0) is 18.0. The second-order valence-corrected chi connectivity index (χ2v) is 6.36. The van der Waals surface area contributed by atoms with E-state index in [-0.39, 0.29) is 33.8 Å². The van der Waals surface area contributed by atoms with Crippen molar-refractivity contribution >= 4 is 0 Å². The molecular formula is C18H12F3NO3. The van der Waals surface area contributed by atoms with E-state index >= 15 is 0 Å². The van der Waals surface area contributed by atoms with E-state index in [1.54, 1.807) is 6.07 Å². The van der Waals surface area contributed by atoms with Crippen molar-refractivity contribution in [2.24, 2.45) is 0 Å². The fourth-order valence-electron chi connectivity index (χ4n) is 3.69. The minimum atomic E-state index is -3.44. The third-order valence-electron chi connectivity index (χ3n) is 4.80. The topological polar surface area (TPSA) is 73.5 Å². The molecule has 0 aromatic heterocycles. The third kappa shape index (κ3) is 2.15. The van der Waals surface area contributed by atoms with Crippen LogP contribution in [0.3, 0.4) is 0 Å². The van der Waals surface area contributed by atoms with Crippen molar-refractivity contribution in [1.82, 2.24) is 0 Å². The quantitative estimate of drug-likeness (QED) is 0.874. The summed E-state index contributed by atoms with van der Waals surface area (Å²) in [4.78, 5) is 0. The van der Waals surface area contributed by atoms with Crippen LogP contribution in [0.4, 0.5) is 13.2 Å². The van der Waals surface area contributed by atoms with Crippen LogP contribution in [0, 0.1) is 17.1 Å². The average molecular weight is 347 g/mol.